The SMILES string of the molecule is CC1CCCN(c2ccc(C3CCCCC3)cc2N)C1. The van der Waals surface area contributed by atoms with E-state index in [1.165, 1.54) is 56.2 Å². The molecule has 0 bridgehead atoms. The summed E-state index contributed by atoms with van der Waals surface area (Å²) in [6.07, 6.45) is 9.53. The zero-order chi connectivity index (χ0) is 13.9. The molecule has 1 heterocycles. The van der Waals surface area contributed by atoms with Crippen molar-refractivity contribution < 1.29 is 0 Å². The summed E-state index contributed by atoms with van der Waals surface area (Å²) in [7, 11) is 0. The molecule has 1 unspecified atom stereocenters. The highest BCUT2D eigenvalue weighted by Gasteiger charge is 2.20. The highest BCUT2D eigenvalue weighted by molar-refractivity contribution is 5.69. The van der Waals surface area contributed by atoms with Crippen LogP contribution in [0.2, 0.25) is 0 Å². The summed E-state index contributed by atoms with van der Waals surface area (Å²) < 4.78 is 0. The Balaban J connectivity index is 1.76. The molecule has 20 heavy (non-hydrogen) atoms. The molecule has 1 aliphatic carbocycles. The summed E-state index contributed by atoms with van der Waals surface area (Å²) in [5, 5.41) is 0. The minimum absolute atomic E-state index is 0.750. The summed E-state index contributed by atoms with van der Waals surface area (Å²) in [5.74, 6) is 1.54. The molecule has 2 N–H and O–H groups in total. The van der Waals surface area contributed by atoms with Crippen LogP contribution in [0.15, 0.2) is 18.2 Å². The van der Waals surface area contributed by atoms with Crippen molar-refractivity contribution in [2.75, 3.05) is 23.7 Å². The molecule has 2 nitrogen and oxygen atoms in total. The molecule has 0 amide bonds. The van der Waals surface area contributed by atoms with Crippen molar-refractivity contribution in [3.8, 4) is 0 Å². The summed E-state index contributed by atoms with van der Waals surface area (Å²) in [6, 6.07) is 6.86. The maximum absolute atomic E-state index is 6.36. The van der Waals surface area contributed by atoms with Gasteiger partial charge in [-0.2, -0.15) is 0 Å². The molecule has 1 aromatic rings. The van der Waals surface area contributed by atoms with Crippen molar-refractivity contribution in [1.29, 1.82) is 0 Å². The minimum Gasteiger partial charge on any atom is -0.397 e. The van der Waals surface area contributed by atoms with E-state index in [0.717, 1.165) is 30.6 Å². The van der Waals surface area contributed by atoms with Crippen molar-refractivity contribution in [3.05, 3.63) is 23.8 Å². The van der Waals surface area contributed by atoms with E-state index < -0.39 is 0 Å². The Labute approximate surface area is 123 Å². The predicted octanol–water partition coefficient (Wildman–Crippen LogP) is 4.55. The van der Waals surface area contributed by atoms with Gasteiger partial charge >= 0.3 is 0 Å². The normalized spacial score (nSPS) is 24.9. The quantitative estimate of drug-likeness (QED) is 0.800. The lowest BCUT2D eigenvalue weighted by atomic mass is 9.84. The molecular formula is C18H28N2. The Kier molecular flexibility index (Phi) is 4.18. The first-order valence-electron chi connectivity index (χ1n) is 8.38. The monoisotopic (exact) mass is 272 g/mol. The van der Waals surface area contributed by atoms with Gasteiger partial charge in [-0.1, -0.05) is 32.3 Å². The predicted molar refractivity (Wildman–Crippen MR) is 87.3 cm³/mol. The maximum atomic E-state index is 6.36. The van der Waals surface area contributed by atoms with Gasteiger partial charge in [-0.05, 0) is 55.2 Å². The first-order valence-corrected chi connectivity index (χ1v) is 8.38. The summed E-state index contributed by atoms with van der Waals surface area (Å²) in [4.78, 5) is 2.48. The first-order chi connectivity index (χ1) is 9.74. The van der Waals surface area contributed by atoms with Crippen LogP contribution in [0.1, 0.15) is 63.4 Å². The maximum Gasteiger partial charge on any atom is 0.0600 e. The molecule has 3 rings (SSSR count). The number of hydrogen-bond acceptors (Lipinski definition) is 2. The second-order valence-corrected chi connectivity index (χ2v) is 6.85. The fraction of sp³-hybridized carbons (Fsp3) is 0.667. The van der Waals surface area contributed by atoms with Crippen LogP contribution in [0.5, 0.6) is 0 Å². The standard InChI is InChI=1S/C18H28N2/c1-14-6-5-11-20(13-14)18-10-9-16(12-17(18)19)15-7-3-2-4-8-15/h9-10,12,14-15H,2-8,11,13,19H2,1H3. The number of rotatable bonds is 2. The molecule has 2 aliphatic rings. The van der Waals surface area contributed by atoms with Gasteiger partial charge in [-0.3, -0.25) is 0 Å². The molecule has 0 radical (unpaired) electrons. The van der Waals surface area contributed by atoms with Gasteiger partial charge in [0, 0.05) is 13.1 Å². The smallest absolute Gasteiger partial charge is 0.0600 e. The molecule has 1 saturated heterocycles. The Hall–Kier alpha value is -1.18. The van der Waals surface area contributed by atoms with Gasteiger partial charge in [0.05, 0.1) is 11.4 Å². The van der Waals surface area contributed by atoms with Crippen molar-refractivity contribution in [2.45, 2.75) is 57.8 Å². The third kappa shape index (κ3) is 2.94. The van der Waals surface area contributed by atoms with Crippen molar-refractivity contribution >= 4 is 11.4 Å². The van der Waals surface area contributed by atoms with E-state index in [1.807, 2.05) is 0 Å². The average molecular weight is 272 g/mol. The number of benzene rings is 1. The van der Waals surface area contributed by atoms with E-state index in [0.29, 0.717) is 0 Å². The lowest BCUT2D eigenvalue weighted by molar-refractivity contribution is 0.442. The largest absolute Gasteiger partial charge is 0.397 e. The van der Waals surface area contributed by atoms with Gasteiger partial charge in [0.1, 0.15) is 0 Å². The third-order valence-electron chi connectivity index (χ3n) is 5.13. The number of hydrogen-bond donors (Lipinski definition) is 1. The number of piperidine rings is 1. The van der Waals surface area contributed by atoms with Crippen LogP contribution in [-0.4, -0.2) is 13.1 Å². The lowest BCUT2D eigenvalue weighted by Gasteiger charge is -2.34. The summed E-state index contributed by atoms with van der Waals surface area (Å²) in [6.45, 7) is 4.67. The van der Waals surface area contributed by atoms with E-state index in [4.69, 9.17) is 5.73 Å². The number of nitrogen functional groups attached to an aromatic ring is 1. The molecule has 2 fully saturated rings. The Morgan fingerprint density at radius 1 is 1.05 bits per heavy atom. The fourth-order valence-electron chi connectivity index (χ4n) is 3.96. The number of nitrogens with two attached hydrogens (primary N) is 1. The molecule has 0 aromatic heterocycles. The van der Waals surface area contributed by atoms with Gasteiger partial charge in [-0.15, -0.1) is 0 Å². The molecule has 1 aliphatic heterocycles. The van der Waals surface area contributed by atoms with Crippen LogP contribution in [0.25, 0.3) is 0 Å². The van der Waals surface area contributed by atoms with Crippen molar-refractivity contribution in [1.82, 2.24) is 0 Å². The van der Waals surface area contributed by atoms with Crippen molar-refractivity contribution in [2.24, 2.45) is 5.92 Å². The van der Waals surface area contributed by atoms with Crippen LogP contribution in [0, 0.1) is 5.92 Å². The second-order valence-electron chi connectivity index (χ2n) is 6.85. The van der Waals surface area contributed by atoms with Crippen LogP contribution in [-0.2, 0) is 0 Å². The summed E-state index contributed by atoms with van der Waals surface area (Å²) in [5.41, 5.74) is 10.1. The van der Waals surface area contributed by atoms with Crippen LogP contribution in [0.4, 0.5) is 11.4 Å². The van der Waals surface area contributed by atoms with Crippen LogP contribution in [0.3, 0.4) is 0 Å². The molecule has 1 atom stereocenters. The van der Waals surface area contributed by atoms with Crippen molar-refractivity contribution in [3.63, 3.8) is 0 Å². The summed E-state index contributed by atoms with van der Waals surface area (Å²) >= 11 is 0. The number of nitrogens with zero attached hydrogens (tertiary/aromatic N) is 1. The minimum atomic E-state index is 0.750. The van der Waals surface area contributed by atoms with E-state index in [2.05, 4.69) is 30.0 Å². The van der Waals surface area contributed by atoms with Gasteiger partial charge in [0.15, 0.2) is 0 Å². The Morgan fingerprint density at radius 3 is 2.55 bits per heavy atom. The first kappa shape index (κ1) is 13.8. The number of anilines is 2. The van der Waals surface area contributed by atoms with Crippen LogP contribution >= 0.6 is 0 Å². The van der Waals surface area contributed by atoms with Gasteiger partial charge in [0.2, 0.25) is 0 Å². The molecule has 1 aromatic carbocycles. The van der Waals surface area contributed by atoms with Gasteiger partial charge < -0.3 is 10.6 Å². The highest BCUT2D eigenvalue weighted by atomic mass is 15.1. The molecular weight excluding hydrogens is 244 g/mol. The second kappa shape index (κ2) is 6.07. The zero-order valence-corrected chi connectivity index (χ0v) is 12.8. The van der Waals surface area contributed by atoms with Gasteiger partial charge in [0.25, 0.3) is 0 Å². The zero-order valence-electron chi connectivity index (χ0n) is 12.8. The van der Waals surface area contributed by atoms with Crippen LogP contribution < -0.4 is 10.6 Å². The molecule has 1 saturated carbocycles. The topological polar surface area (TPSA) is 29.3 Å². The molecule has 110 valence electrons. The fourth-order valence-corrected chi connectivity index (χ4v) is 3.96. The van der Waals surface area contributed by atoms with E-state index in [-0.39, 0.29) is 0 Å². The average Bonchev–Trinajstić information content (AvgIpc) is 2.48. The van der Waals surface area contributed by atoms with E-state index in [1.54, 1.807) is 0 Å². The highest BCUT2D eigenvalue weighted by Crippen LogP contribution is 2.36. The Bertz CT molecular complexity index is 449. The Morgan fingerprint density at radius 2 is 1.85 bits per heavy atom. The molecule has 2 heteroatoms. The van der Waals surface area contributed by atoms with E-state index >= 15 is 0 Å². The third-order valence-corrected chi connectivity index (χ3v) is 5.13. The lowest BCUT2D eigenvalue weighted by Crippen LogP contribution is -2.34. The van der Waals surface area contributed by atoms with Gasteiger partial charge in [-0.25, -0.2) is 0 Å². The van der Waals surface area contributed by atoms with E-state index in [9.17, 15) is 0 Å². The molecule has 0 spiro atoms.